The molecule has 1 aromatic carbocycles. The summed E-state index contributed by atoms with van der Waals surface area (Å²) in [6, 6.07) is 8.38. The minimum absolute atomic E-state index is 0.411. The van der Waals surface area contributed by atoms with Gasteiger partial charge >= 0.3 is 0 Å². The van der Waals surface area contributed by atoms with E-state index in [1.807, 2.05) is 30.3 Å². The van der Waals surface area contributed by atoms with E-state index in [4.69, 9.17) is 5.21 Å². The molecule has 0 saturated carbocycles. The Balaban J connectivity index is 1.94. The van der Waals surface area contributed by atoms with Gasteiger partial charge in [0.2, 0.25) is 0 Å². The highest BCUT2D eigenvalue weighted by molar-refractivity contribution is 5.90. The average molecular weight is 345 g/mol. The third-order valence-electron chi connectivity index (χ3n) is 4.70. The largest absolute Gasteiger partial charge is 0.375 e. The Labute approximate surface area is 149 Å². The van der Waals surface area contributed by atoms with E-state index >= 15 is 0 Å². The molecule has 136 valence electrons. The minimum atomic E-state index is -0.605. The molecular weight excluding hydrogens is 318 g/mol. The summed E-state index contributed by atoms with van der Waals surface area (Å²) in [7, 11) is 2.12. The highest BCUT2D eigenvalue weighted by atomic mass is 16.5. The summed E-state index contributed by atoms with van der Waals surface area (Å²) >= 11 is 0. The van der Waals surface area contributed by atoms with Gasteiger partial charge in [-0.1, -0.05) is 30.3 Å². The lowest BCUT2D eigenvalue weighted by Gasteiger charge is -2.43. The molecule has 1 fully saturated rings. The number of hydrogen-bond donors (Lipinski definition) is 3. The van der Waals surface area contributed by atoms with E-state index in [2.05, 4.69) is 30.7 Å². The summed E-state index contributed by atoms with van der Waals surface area (Å²) in [6.07, 6.45) is 5.96. The maximum absolute atomic E-state index is 11.0. The van der Waals surface area contributed by atoms with Gasteiger partial charge in [-0.3, -0.25) is 19.8 Å². The minimum Gasteiger partial charge on any atom is -0.375 e. The number of hydrogen-bond acceptors (Lipinski definition) is 5. The SMILES string of the molecule is CC1CN(C(O)/C=C/c2ccc(/C=C/C(=O)NO)cc2)CC(C)N1C. The highest BCUT2D eigenvalue weighted by Crippen LogP contribution is 2.16. The first-order valence-electron chi connectivity index (χ1n) is 8.45. The molecule has 3 atom stereocenters. The zero-order valence-electron chi connectivity index (χ0n) is 15.0. The second kappa shape index (κ2) is 8.92. The summed E-state index contributed by atoms with van der Waals surface area (Å²) in [4.78, 5) is 15.4. The smallest absolute Gasteiger partial charge is 0.267 e. The highest BCUT2D eigenvalue weighted by Gasteiger charge is 2.28. The number of piperazine rings is 1. The average Bonchev–Trinajstić information content (AvgIpc) is 2.62. The molecule has 0 aromatic heterocycles. The number of nitrogens with zero attached hydrogens (tertiary/aromatic N) is 2. The molecule has 0 spiro atoms. The first-order valence-corrected chi connectivity index (χ1v) is 8.45. The molecule has 0 radical (unpaired) electrons. The van der Waals surface area contributed by atoms with Crippen molar-refractivity contribution in [3.63, 3.8) is 0 Å². The van der Waals surface area contributed by atoms with Crippen molar-refractivity contribution in [1.29, 1.82) is 0 Å². The van der Waals surface area contributed by atoms with Crippen LogP contribution in [0.3, 0.4) is 0 Å². The van der Waals surface area contributed by atoms with Crippen LogP contribution in [0.1, 0.15) is 25.0 Å². The fraction of sp³-hybridized carbons (Fsp3) is 0.421. The van der Waals surface area contributed by atoms with Gasteiger partial charge in [-0.25, -0.2) is 5.48 Å². The molecule has 1 saturated heterocycles. The van der Waals surface area contributed by atoms with E-state index in [0.29, 0.717) is 12.1 Å². The molecule has 3 unspecified atom stereocenters. The van der Waals surface area contributed by atoms with Crippen LogP contribution in [0, 0.1) is 0 Å². The van der Waals surface area contributed by atoms with Gasteiger partial charge < -0.3 is 5.11 Å². The van der Waals surface area contributed by atoms with Crippen LogP contribution in [0.5, 0.6) is 0 Å². The second-order valence-electron chi connectivity index (χ2n) is 6.57. The van der Waals surface area contributed by atoms with E-state index in [1.165, 1.54) is 6.08 Å². The van der Waals surface area contributed by atoms with Crippen molar-refractivity contribution in [2.75, 3.05) is 20.1 Å². The Morgan fingerprint density at radius 2 is 1.68 bits per heavy atom. The monoisotopic (exact) mass is 345 g/mol. The normalized spacial score (nSPS) is 24.0. The van der Waals surface area contributed by atoms with Crippen molar-refractivity contribution >= 4 is 18.1 Å². The maximum atomic E-state index is 11.0. The Morgan fingerprint density at radius 3 is 2.20 bits per heavy atom. The van der Waals surface area contributed by atoms with Crippen LogP contribution in [0.15, 0.2) is 36.4 Å². The molecule has 1 heterocycles. The molecule has 6 heteroatoms. The van der Waals surface area contributed by atoms with E-state index in [0.717, 1.165) is 24.2 Å². The lowest BCUT2D eigenvalue weighted by atomic mass is 10.1. The number of carbonyl (C=O) groups excluding carboxylic acids is 1. The zero-order chi connectivity index (χ0) is 18.4. The number of carbonyl (C=O) groups is 1. The summed E-state index contributed by atoms with van der Waals surface area (Å²) in [5.41, 5.74) is 3.37. The van der Waals surface area contributed by atoms with E-state index < -0.39 is 12.1 Å². The van der Waals surface area contributed by atoms with Gasteiger partial charge in [0.1, 0.15) is 6.23 Å². The maximum Gasteiger partial charge on any atom is 0.267 e. The quantitative estimate of drug-likeness (QED) is 0.429. The number of amides is 1. The third-order valence-corrected chi connectivity index (χ3v) is 4.70. The topological polar surface area (TPSA) is 76.0 Å². The zero-order valence-corrected chi connectivity index (χ0v) is 15.0. The molecule has 0 aliphatic carbocycles. The van der Waals surface area contributed by atoms with Gasteiger partial charge in [0, 0.05) is 31.2 Å². The fourth-order valence-corrected chi connectivity index (χ4v) is 2.91. The number of hydroxylamine groups is 1. The van der Waals surface area contributed by atoms with Gasteiger partial charge in [-0.2, -0.15) is 0 Å². The van der Waals surface area contributed by atoms with Gasteiger partial charge in [-0.15, -0.1) is 0 Å². The van der Waals surface area contributed by atoms with E-state index in [9.17, 15) is 9.90 Å². The lowest BCUT2D eigenvalue weighted by Crippen LogP contribution is -2.57. The van der Waals surface area contributed by atoms with Gasteiger partial charge in [0.15, 0.2) is 0 Å². The van der Waals surface area contributed by atoms with Gasteiger partial charge in [0.25, 0.3) is 5.91 Å². The molecule has 0 bridgehead atoms. The molecule has 6 nitrogen and oxygen atoms in total. The summed E-state index contributed by atoms with van der Waals surface area (Å²) < 4.78 is 0. The Morgan fingerprint density at radius 1 is 1.16 bits per heavy atom. The van der Waals surface area contributed by atoms with E-state index in [-0.39, 0.29) is 0 Å². The lowest BCUT2D eigenvalue weighted by molar-refractivity contribution is -0.124. The summed E-state index contributed by atoms with van der Waals surface area (Å²) in [6.45, 7) is 6.01. The van der Waals surface area contributed by atoms with Gasteiger partial charge in [-0.05, 0) is 44.2 Å². The standard InChI is InChI=1S/C19H27N3O3/c1-14-12-22(13-15(2)21(14)3)19(24)11-9-17-6-4-16(5-7-17)8-10-18(23)20-25/h4-11,14-15,19,24-25H,12-13H2,1-3H3,(H,20,23)/b10-8+,11-9+. The number of aliphatic hydroxyl groups excluding tert-OH is 1. The Hall–Kier alpha value is -1.99. The first-order chi connectivity index (χ1) is 11.9. The first kappa shape index (κ1) is 19.3. The van der Waals surface area contributed by atoms with Crippen LogP contribution >= 0.6 is 0 Å². The van der Waals surface area contributed by atoms with Crippen LogP contribution in [0.25, 0.3) is 12.2 Å². The molecule has 3 N–H and O–H groups in total. The van der Waals surface area contributed by atoms with E-state index in [1.54, 1.807) is 17.6 Å². The summed E-state index contributed by atoms with van der Waals surface area (Å²) in [5, 5.41) is 18.9. The number of benzene rings is 1. The van der Waals surface area contributed by atoms with Crippen LogP contribution in [-0.2, 0) is 4.79 Å². The third kappa shape index (κ3) is 5.51. The number of nitrogens with one attached hydrogen (secondary N) is 1. The van der Waals surface area contributed by atoms with Crippen LogP contribution in [0.2, 0.25) is 0 Å². The molecule has 1 aliphatic heterocycles. The molecular formula is C19H27N3O3. The van der Waals surface area contributed by atoms with Crippen molar-refractivity contribution in [3.05, 3.63) is 47.5 Å². The van der Waals surface area contributed by atoms with Crippen molar-refractivity contribution in [1.82, 2.24) is 15.3 Å². The predicted octanol–water partition coefficient (Wildman–Crippen LogP) is 1.56. The molecule has 1 aliphatic rings. The Kier molecular flexibility index (Phi) is 6.90. The fourth-order valence-electron chi connectivity index (χ4n) is 2.91. The number of likely N-dealkylation sites (N-methyl/N-ethyl adjacent to an activating group) is 1. The summed E-state index contributed by atoms with van der Waals surface area (Å²) in [5.74, 6) is -0.567. The molecule has 1 aromatic rings. The van der Waals surface area contributed by atoms with Crippen molar-refractivity contribution in [2.45, 2.75) is 32.2 Å². The molecule has 25 heavy (non-hydrogen) atoms. The van der Waals surface area contributed by atoms with Crippen LogP contribution in [0.4, 0.5) is 0 Å². The van der Waals surface area contributed by atoms with Crippen LogP contribution in [-0.4, -0.2) is 64.5 Å². The molecule has 1 amide bonds. The van der Waals surface area contributed by atoms with Gasteiger partial charge in [0.05, 0.1) is 0 Å². The second-order valence-corrected chi connectivity index (χ2v) is 6.57. The Bertz CT molecular complexity index is 615. The number of rotatable bonds is 5. The number of aliphatic hydroxyl groups is 1. The predicted molar refractivity (Wildman–Crippen MR) is 98.7 cm³/mol. The van der Waals surface area contributed by atoms with Crippen molar-refractivity contribution < 1.29 is 15.1 Å². The van der Waals surface area contributed by atoms with Crippen LogP contribution < -0.4 is 5.48 Å². The molecule has 2 rings (SSSR count). The van der Waals surface area contributed by atoms with Crippen molar-refractivity contribution in [2.24, 2.45) is 0 Å². The van der Waals surface area contributed by atoms with Crippen molar-refractivity contribution in [3.8, 4) is 0 Å².